The molecule has 78 valence electrons. The maximum atomic E-state index is 13.6. The molecule has 1 aromatic rings. The molecule has 0 aliphatic heterocycles. The predicted octanol–water partition coefficient (Wildman–Crippen LogP) is 2.99. The summed E-state index contributed by atoms with van der Waals surface area (Å²) < 4.78 is 13.6. The van der Waals surface area contributed by atoms with E-state index >= 15 is 0 Å². The molecule has 0 saturated carbocycles. The lowest BCUT2D eigenvalue weighted by atomic mass is 9.98. The second kappa shape index (κ2) is 4.28. The molecule has 1 rings (SSSR count). The topological polar surface area (TPSA) is 26.0 Å². The van der Waals surface area contributed by atoms with Crippen LogP contribution in [-0.2, 0) is 6.42 Å². The Labute approximate surface area is 89.1 Å². The summed E-state index contributed by atoms with van der Waals surface area (Å²) in [7, 11) is 0. The Morgan fingerprint density at radius 3 is 2.57 bits per heavy atom. The first-order valence-corrected chi connectivity index (χ1v) is 5.01. The van der Waals surface area contributed by atoms with E-state index in [0.29, 0.717) is 12.0 Å². The van der Waals surface area contributed by atoms with Crippen molar-refractivity contribution in [3.05, 3.63) is 33.6 Å². The maximum Gasteiger partial charge on any atom is 0.145 e. The molecule has 0 radical (unpaired) electrons. The average Bonchev–Trinajstić information content (AvgIpc) is 2.09. The third-order valence-electron chi connectivity index (χ3n) is 2.39. The van der Waals surface area contributed by atoms with Crippen LogP contribution in [0.1, 0.15) is 23.6 Å². The molecule has 14 heavy (non-hydrogen) atoms. The van der Waals surface area contributed by atoms with Crippen molar-refractivity contribution in [3.8, 4) is 0 Å². The molecule has 0 aliphatic rings. The first kappa shape index (κ1) is 11.5. The van der Waals surface area contributed by atoms with Crippen molar-refractivity contribution in [1.82, 2.24) is 0 Å². The molecule has 2 N–H and O–H groups in total. The fourth-order valence-corrected chi connectivity index (χ4v) is 1.75. The zero-order valence-corrected chi connectivity index (χ0v) is 9.45. The number of aryl methyl sites for hydroxylation is 1. The first-order chi connectivity index (χ1) is 6.43. The molecule has 1 unspecified atom stereocenters. The van der Waals surface area contributed by atoms with E-state index in [9.17, 15) is 4.39 Å². The second-order valence-electron chi connectivity index (χ2n) is 3.77. The highest BCUT2D eigenvalue weighted by Gasteiger charge is 2.13. The van der Waals surface area contributed by atoms with Gasteiger partial charge in [0.25, 0.3) is 0 Å². The molecule has 0 bridgehead atoms. The van der Waals surface area contributed by atoms with Crippen LogP contribution in [0.3, 0.4) is 0 Å². The SMILES string of the molecule is Cc1cc(Cl)c(F)c(CC(C)N)c1C. The molecule has 1 atom stereocenters. The largest absolute Gasteiger partial charge is 0.328 e. The summed E-state index contributed by atoms with van der Waals surface area (Å²) in [5.41, 5.74) is 8.25. The van der Waals surface area contributed by atoms with E-state index in [-0.39, 0.29) is 16.9 Å². The van der Waals surface area contributed by atoms with E-state index in [1.807, 2.05) is 20.8 Å². The van der Waals surface area contributed by atoms with Crippen LogP contribution < -0.4 is 5.73 Å². The number of halogens is 2. The van der Waals surface area contributed by atoms with E-state index in [1.165, 1.54) is 0 Å². The monoisotopic (exact) mass is 215 g/mol. The normalized spacial score (nSPS) is 13.0. The molecule has 1 aromatic carbocycles. The Morgan fingerprint density at radius 1 is 1.50 bits per heavy atom. The fraction of sp³-hybridized carbons (Fsp3) is 0.455. The van der Waals surface area contributed by atoms with E-state index in [0.717, 1.165) is 11.1 Å². The van der Waals surface area contributed by atoms with Gasteiger partial charge >= 0.3 is 0 Å². The van der Waals surface area contributed by atoms with Crippen molar-refractivity contribution in [3.63, 3.8) is 0 Å². The first-order valence-electron chi connectivity index (χ1n) is 4.63. The Kier molecular flexibility index (Phi) is 3.51. The van der Waals surface area contributed by atoms with Crippen molar-refractivity contribution in [2.24, 2.45) is 5.73 Å². The van der Waals surface area contributed by atoms with Gasteiger partial charge in [-0.2, -0.15) is 0 Å². The second-order valence-corrected chi connectivity index (χ2v) is 4.18. The minimum atomic E-state index is -0.327. The van der Waals surface area contributed by atoms with Crippen molar-refractivity contribution < 1.29 is 4.39 Å². The quantitative estimate of drug-likeness (QED) is 0.807. The van der Waals surface area contributed by atoms with Crippen LogP contribution >= 0.6 is 11.6 Å². The summed E-state index contributed by atoms with van der Waals surface area (Å²) in [5, 5.41) is 0.184. The van der Waals surface area contributed by atoms with Gasteiger partial charge < -0.3 is 5.73 Å². The predicted molar refractivity (Wildman–Crippen MR) is 58.2 cm³/mol. The molecule has 0 fully saturated rings. The molecule has 0 spiro atoms. The molecule has 0 amide bonds. The highest BCUT2D eigenvalue weighted by molar-refractivity contribution is 6.30. The summed E-state index contributed by atoms with van der Waals surface area (Å²) in [6.07, 6.45) is 0.527. The summed E-state index contributed by atoms with van der Waals surface area (Å²) >= 11 is 5.76. The van der Waals surface area contributed by atoms with E-state index in [1.54, 1.807) is 6.07 Å². The molecule has 0 saturated heterocycles. The molecule has 0 aliphatic carbocycles. The van der Waals surface area contributed by atoms with Gasteiger partial charge in [-0.15, -0.1) is 0 Å². The van der Waals surface area contributed by atoms with Gasteiger partial charge in [-0.3, -0.25) is 0 Å². The Balaban J connectivity index is 3.25. The third-order valence-corrected chi connectivity index (χ3v) is 2.66. The standard InChI is InChI=1S/C11H15ClFN/c1-6-4-10(12)11(13)9(8(6)3)5-7(2)14/h4,7H,5,14H2,1-3H3. The number of benzene rings is 1. The lowest BCUT2D eigenvalue weighted by Crippen LogP contribution is -2.19. The zero-order valence-electron chi connectivity index (χ0n) is 8.70. The number of nitrogens with two attached hydrogens (primary N) is 1. The lowest BCUT2D eigenvalue weighted by Gasteiger charge is -2.13. The van der Waals surface area contributed by atoms with Crippen LogP contribution in [0.4, 0.5) is 4.39 Å². The summed E-state index contributed by atoms with van der Waals surface area (Å²) in [5.74, 6) is -0.327. The Hall–Kier alpha value is -0.600. The summed E-state index contributed by atoms with van der Waals surface area (Å²) in [4.78, 5) is 0. The van der Waals surface area contributed by atoms with Gasteiger partial charge in [0.15, 0.2) is 0 Å². The zero-order chi connectivity index (χ0) is 10.9. The van der Waals surface area contributed by atoms with Crippen LogP contribution in [0.5, 0.6) is 0 Å². The van der Waals surface area contributed by atoms with Crippen molar-refractivity contribution in [2.45, 2.75) is 33.2 Å². The Morgan fingerprint density at radius 2 is 2.07 bits per heavy atom. The third kappa shape index (κ3) is 2.25. The minimum Gasteiger partial charge on any atom is -0.328 e. The van der Waals surface area contributed by atoms with Crippen molar-refractivity contribution in [1.29, 1.82) is 0 Å². The average molecular weight is 216 g/mol. The van der Waals surface area contributed by atoms with Gasteiger partial charge in [-0.25, -0.2) is 4.39 Å². The van der Waals surface area contributed by atoms with Crippen molar-refractivity contribution in [2.75, 3.05) is 0 Å². The number of hydrogen-bond acceptors (Lipinski definition) is 1. The molecular formula is C11H15ClFN. The van der Waals surface area contributed by atoms with E-state index in [4.69, 9.17) is 17.3 Å². The van der Waals surface area contributed by atoms with Crippen LogP contribution in [-0.4, -0.2) is 6.04 Å². The van der Waals surface area contributed by atoms with Crippen LogP contribution in [0, 0.1) is 19.7 Å². The maximum absolute atomic E-state index is 13.6. The molecule has 0 aromatic heterocycles. The van der Waals surface area contributed by atoms with E-state index in [2.05, 4.69) is 0 Å². The smallest absolute Gasteiger partial charge is 0.145 e. The van der Waals surface area contributed by atoms with Crippen LogP contribution in [0.25, 0.3) is 0 Å². The minimum absolute atomic E-state index is 0.0546. The summed E-state index contributed by atoms with van der Waals surface area (Å²) in [6, 6.07) is 1.60. The highest BCUT2D eigenvalue weighted by atomic mass is 35.5. The van der Waals surface area contributed by atoms with Gasteiger partial charge in [0.1, 0.15) is 5.82 Å². The van der Waals surface area contributed by atoms with Crippen LogP contribution in [0.15, 0.2) is 6.07 Å². The van der Waals surface area contributed by atoms with Gasteiger partial charge in [0.2, 0.25) is 0 Å². The summed E-state index contributed by atoms with van der Waals surface area (Å²) in [6.45, 7) is 5.67. The molecular weight excluding hydrogens is 201 g/mol. The number of hydrogen-bond donors (Lipinski definition) is 1. The molecule has 0 heterocycles. The van der Waals surface area contributed by atoms with Gasteiger partial charge in [0, 0.05) is 6.04 Å². The van der Waals surface area contributed by atoms with Gasteiger partial charge in [-0.1, -0.05) is 11.6 Å². The van der Waals surface area contributed by atoms with E-state index < -0.39 is 0 Å². The van der Waals surface area contributed by atoms with Crippen LogP contribution in [0.2, 0.25) is 5.02 Å². The fourth-order valence-electron chi connectivity index (χ4n) is 1.47. The lowest BCUT2D eigenvalue weighted by molar-refractivity contribution is 0.593. The molecule has 3 heteroatoms. The number of rotatable bonds is 2. The Bertz CT molecular complexity index is 321. The highest BCUT2D eigenvalue weighted by Crippen LogP contribution is 2.25. The molecule has 1 nitrogen and oxygen atoms in total. The van der Waals surface area contributed by atoms with Gasteiger partial charge in [-0.05, 0) is 49.9 Å². The van der Waals surface area contributed by atoms with Gasteiger partial charge in [0.05, 0.1) is 5.02 Å². The van der Waals surface area contributed by atoms with Crippen molar-refractivity contribution >= 4 is 11.6 Å².